The van der Waals surface area contributed by atoms with Gasteiger partial charge in [0.25, 0.3) is 0 Å². The molecule has 148 valence electrons. The van der Waals surface area contributed by atoms with Gasteiger partial charge < -0.3 is 5.32 Å². The van der Waals surface area contributed by atoms with Crippen molar-refractivity contribution < 1.29 is 13.2 Å². The summed E-state index contributed by atoms with van der Waals surface area (Å²) in [6, 6.07) is 6.04. The SMILES string of the molecule is O=C(Cc1ccc2c(c1)CCCC2)NC1CS(=O)(=O)CC1N1CCCCC1. The van der Waals surface area contributed by atoms with Gasteiger partial charge in [-0.05, 0) is 68.3 Å². The first-order chi connectivity index (χ1) is 13.0. The van der Waals surface area contributed by atoms with Crippen LogP contribution < -0.4 is 5.32 Å². The second kappa shape index (κ2) is 7.92. The third-order valence-electron chi connectivity index (χ3n) is 6.31. The number of fused-ring (bicyclic) bond motifs is 1. The van der Waals surface area contributed by atoms with Crippen LogP contribution in [-0.4, -0.2) is 55.9 Å². The first-order valence-electron chi connectivity index (χ1n) is 10.3. The minimum atomic E-state index is -3.08. The Hall–Kier alpha value is -1.40. The fraction of sp³-hybridized carbons (Fsp3) is 0.667. The van der Waals surface area contributed by atoms with E-state index in [9.17, 15) is 13.2 Å². The lowest BCUT2D eigenvalue weighted by atomic mass is 9.90. The second-order valence-electron chi connectivity index (χ2n) is 8.40. The number of amides is 1. The lowest BCUT2D eigenvalue weighted by molar-refractivity contribution is -0.121. The van der Waals surface area contributed by atoms with Crippen molar-refractivity contribution in [2.24, 2.45) is 0 Å². The molecule has 0 aromatic heterocycles. The molecule has 2 aliphatic heterocycles. The fourth-order valence-electron chi connectivity index (χ4n) is 4.92. The normalized spacial score (nSPS) is 27.9. The fourth-order valence-corrected chi connectivity index (χ4v) is 6.87. The molecule has 2 unspecified atom stereocenters. The van der Waals surface area contributed by atoms with Crippen LogP contribution in [0.25, 0.3) is 0 Å². The average molecular weight is 391 g/mol. The molecule has 4 rings (SSSR count). The maximum absolute atomic E-state index is 12.7. The van der Waals surface area contributed by atoms with Crippen molar-refractivity contribution in [1.29, 1.82) is 0 Å². The third kappa shape index (κ3) is 4.54. The van der Waals surface area contributed by atoms with Crippen molar-refractivity contribution >= 4 is 15.7 Å². The minimum Gasteiger partial charge on any atom is -0.350 e. The van der Waals surface area contributed by atoms with Gasteiger partial charge in [-0.1, -0.05) is 24.6 Å². The van der Waals surface area contributed by atoms with E-state index in [1.807, 2.05) is 0 Å². The monoisotopic (exact) mass is 390 g/mol. The Morgan fingerprint density at radius 1 is 1.00 bits per heavy atom. The molecule has 2 saturated heterocycles. The summed E-state index contributed by atoms with van der Waals surface area (Å²) in [4.78, 5) is 14.9. The number of benzene rings is 1. The summed E-state index contributed by atoms with van der Waals surface area (Å²) < 4.78 is 24.4. The van der Waals surface area contributed by atoms with Gasteiger partial charge in [0.05, 0.1) is 24.0 Å². The largest absolute Gasteiger partial charge is 0.350 e. The van der Waals surface area contributed by atoms with Gasteiger partial charge in [0.2, 0.25) is 5.91 Å². The highest BCUT2D eigenvalue weighted by Crippen LogP contribution is 2.24. The number of likely N-dealkylation sites (tertiary alicyclic amines) is 1. The van der Waals surface area contributed by atoms with E-state index in [1.165, 1.54) is 30.4 Å². The molecule has 1 amide bonds. The van der Waals surface area contributed by atoms with Gasteiger partial charge in [-0.15, -0.1) is 0 Å². The van der Waals surface area contributed by atoms with Crippen molar-refractivity contribution in [3.8, 4) is 0 Å². The zero-order chi connectivity index (χ0) is 18.9. The van der Waals surface area contributed by atoms with E-state index < -0.39 is 9.84 Å². The second-order valence-corrected chi connectivity index (χ2v) is 10.6. The summed E-state index contributed by atoms with van der Waals surface area (Å²) >= 11 is 0. The Labute approximate surface area is 162 Å². The Balaban J connectivity index is 1.41. The molecule has 1 N–H and O–H groups in total. The lowest BCUT2D eigenvalue weighted by Gasteiger charge is -2.35. The smallest absolute Gasteiger partial charge is 0.224 e. The predicted octanol–water partition coefficient (Wildman–Crippen LogP) is 1.88. The Morgan fingerprint density at radius 2 is 1.74 bits per heavy atom. The molecule has 0 saturated carbocycles. The molecule has 3 aliphatic rings. The number of sulfone groups is 1. The van der Waals surface area contributed by atoms with Crippen LogP contribution in [0.2, 0.25) is 0 Å². The van der Waals surface area contributed by atoms with Crippen molar-refractivity contribution in [3.05, 3.63) is 34.9 Å². The zero-order valence-electron chi connectivity index (χ0n) is 16.0. The van der Waals surface area contributed by atoms with E-state index in [0.29, 0.717) is 6.42 Å². The van der Waals surface area contributed by atoms with Crippen LogP contribution in [0.1, 0.15) is 48.8 Å². The van der Waals surface area contributed by atoms with Crippen LogP contribution in [0, 0.1) is 0 Å². The third-order valence-corrected chi connectivity index (χ3v) is 8.02. The number of nitrogens with one attached hydrogen (secondary N) is 1. The van der Waals surface area contributed by atoms with Gasteiger partial charge in [0, 0.05) is 6.04 Å². The molecule has 0 spiro atoms. The van der Waals surface area contributed by atoms with Gasteiger partial charge in [-0.2, -0.15) is 0 Å². The van der Waals surface area contributed by atoms with Crippen LogP contribution in [0.15, 0.2) is 18.2 Å². The number of piperidine rings is 1. The van der Waals surface area contributed by atoms with Crippen molar-refractivity contribution in [3.63, 3.8) is 0 Å². The average Bonchev–Trinajstić information content (AvgIpc) is 2.96. The van der Waals surface area contributed by atoms with E-state index in [0.717, 1.165) is 44.3 Å². The molecule has 2 heterocycles. The van der Waals surface area contributed by atoms with Crippen molar-refractivity contribution in [2.75, 3.05) is 24.6 Å². The van der Waals surface area contributed by atoms with E-state index >= 15 is 0 Å². The highest BCUT2D eigenvalue weighted by atomic mass is 32.2. The van der Waals surface area contributed by atoms with E-state index in [-0.39, 0.29) is 29.5 Å². The number of rotatable bonds is 4. The van der Waals surface area contributed by atoms with Crippen molar-refractivity contribution in [1.82, 2.24) is 10.2 Å². The number of carbonyl (C=O) groups excluding carboxylic acids is 1. The number of hydrogen-bond donors (Lipinski definition) is 1. The first-order valence-corrected chi connectivity index (χ1v) is 12.2. The Morgan fingerprint density at radius 3 is 2.52 bits per heavy atom. The van der Waals surface area contributed by atoms with Gasteiger partial charge >= 0.3 is 0 Å². The molecule has 2 atom stereocenters. The number of nitrogens with zero attached hydrogens (tertiary/aromatic N) is 1. The Kier molecular flexibility index (Phi) is 5.55. The zero-order valence-corrected chi connectivity index (χ0v) is 16.8. The van der Waals surface area contributed by atoms with E-state index in [2.05, 4.69) is 28.4 Å². The van der Waals surface area contributed by atoms with Gasteiger partial charge in [0.15, 0.2) is 9.84 Å². The maximum atomic E-state index is 12.7. The summed E-state index contributed by atoms with van der Waals surface area (Å²) in [6.45, 7) is 1.88. The molecule has 0 bridgehead atoms. The summed E-state index contributed by atoms with van der Waals surface area (Å²) in [5.41, 5.74) is 3.82. The number of aryl methyl sites for hydroxylation is 2. The molecule has 1 aromatic rings. The summed E-state index contributed by atoms with van der Waals surface area (Å²) in [5.74, 6) is 0.191. The molecule has 1 aliphatic carbocycles. The standard InChI is InChI=1S/C21H30N2O3S/c24-21(13-16-8-9-17-6-2-3-7-18(17)12-16)22-19-14-27(25,26)15-20(19)23-10-4-1-5-11-23/h8-9,12,19-20H,1-7,10-11,13-15H2,(H,22,24). The van der Waals surface area contributed by atoms with Gasteiger partial charge in [0.1, 0.15) is 0 Å². The molecule has 2 fully saturated rings. The molecular weight excluding hydrogens is 360 g/mol. The molecule has 6 heteroatoms. The molecular formula is C21H30N2O3S. The summed E-state index contributed by atoms with van der Waals surface area (Å²) in [6.07, 6.45) is 8.49. The van der Waals surface area contributed by atoms with Gasteiger partial charge in [-0.25, -0.2) is 8.42 Å². The molecule has 0 radical (unpaired) electrons. The van der Waals surface area contributed by atoms with Crippen molar-refractivity contribution in [2.45, 2.75) is 63.5 Å². The predicted molar refractivity (Wildman–Crippen MR) is 107 cm³/mol. The van der Waals surface area contributed by atoms with Crippen LogP contribution in [0.4, 0.5) is 0 Å². The quantitative estimate of drug-likeness (QED) is 0.852. The summed E-state index contributed by atoms with van der Waals surface area (Å²) in [5, 5.41) is 3.05. The topological polar surface area (TPSA) is 66.5 Å². The number of carbonyl (C=O) groups is 1. The highest BCUT2D eigenvalue weighted by Gasteiger charge is 2.41. The lowest BCUT2D eigenvalue weighted by Crippen LogP contribution is -2.52. The minimum absolute atomic E-state index is 0.0603. The van der Waals surface area contributed by atoms with E-state index in [4.69, 9.17) is 0 Å². The number of hydrogen-bond acceptors (Lipinski definition) is 4. The van der Waals surface area contributed by atoms with E-state index in [1.54, 1.807) is 0 Å². The van der Waals surface area contributed by atoms with Crippen LogP contribution in [-0.2, 0) is 33.9 Å². The Bertz CT molecular complexity index is 800. The summed E-state index contributed by atoms with van der Waals surface area (Å²) in [7, 11) is -3.08. The van der Waals surface area contributed by atoms with Crippen LogP contribution in [0.3, 0.4) is 0 Å². The molecule has 27 heavy (non-hydrogen) atoms. The van der Waals surface area contributed by atoms with Gasteiger partial charge in [-0.3, -0.25) is 9.69 Å². The van der Waals surface area contributed by atoms with Crippen LogP contribution in [0.5, 0.6) is 0 Å². The van der Waals surface area contributed by atoms with Crippen LogP contribution >= 0.6 is 0 Å². The first kappa shape index (κ1) is 18.9. The highest BCUT2D eigenvalue weighted by molar-refractivity contribution is 7.91. The maximum Gasteiger partial charge on any atom is 0.224 e. The molecule has 1 aromatic carbocycles. The molecule has 5 nitrogen and oxygen atoms in total.